The Hall–Kier alpha value is -1.41. The van der Waals surface area contributed by atoms with Gasteiger partial charge in [-0.1, -0.05) is 67.8 Å². The molecule has 2 aromatic rings. The maximum atomic E-state index is 13.4. The monoisotopic (exact) mass is 480 g/mol. The number of rotatable bonds is 8. The van der Waals surface area contributed by atoms with Crippen LogP contribution >= 0.6 is 23.9 Å². The standard InChI is InChI=1S/C25H31F3N2S2/c1-19(2)17-30(18-22-6-4-5-7-24(22)25(26,27)28)32-23-10-8-20(9-11-23)16-21-12-14-29(31-3)15-13-21/h4-11,16,19H,12-15,17-18H2,1-3H3. The van der Waals surface area contributed by atoms with Crippen LogP contribution in [0.3, 0.4) is 0 Å². The van der Waals surface area contributed by atoms with E-state index in [4.69, 9.17) is 0 Å². The van der Waals surface area contributed by atoms with Crippen LogP contribution in [0.4, 0.5) is 13.2 Å². The lowest BCUT2D eigenvalue weighted by molar-refractivity contribution is -0.138. The molecule has 0 unspecified atom stereocenters. The Bertz CT molecular complexity index is 885. The fourth-order valence-electron chi connectivity index (χ4n) is 3.78. The van der Waals surface area contributed by atoms with Crippen LogP contribution in [0.15, 0.2) is 59.0 Å². The molecule has 1 heterocycles. The van der Waals surface area contributed by atoms with Gasteiger partial charge in [0.15, 0.2) is 0 Å². The van der Waals surface area contributed by atoms with E-state index in [0.717, 1.165) is 30.8 Å². The molecule has 0 bridgehead atoms. The van der Waals surface area contributed by atoms with Crippen molar-refractivity contribution in [3.63, 3.8) is 0 Å². The molecule has 7 heteroatoms. The molecule has 0 atom stereocenters. The van der Waals surface area contributed by atoms with Crippen molar-refractivity contribution in [3.05, 3.63) is 70.8 Å². The quantitative estimate of drug-likeness (QED) is 0.358. The maximum absolute atomic E-state index is 13.4. The summed E-state index contributed by atoms with van der Waals surface area (Å²) in [6, 6.07) is 14.2. The van der Waals surface area contributed by atoms with Crippen LogP contribution in [0.25, 0.3) is 6.08 Å². The Morgan fingerprint density at radius 1 is 1.03 bits per heavy atom. The molecule has 2 nitrogen and oxygen atoms in total. The summed E-state index contributed by atoms with van der Waals surface area (Å²) in [6.07, 6.45) is 2.25. The number of nitrogens with zero attached hydrogens (tertiary/aromatic N) is 2. The highest BCUT2D eigenvalue weighted by Crippen LogP contribution is 2.34. The highest BCUT2D eigenvalue weighted by molar-refractivity contribution is 7.97. The van der Waals surface area contributed by atoms with Crippen LogP contribution in [0, 0.1) is 5.92 Å². The zero-order valence-corrected chi connectivity index (χ0v) is 20.5. The van der Waals surface area contributed by atoms with Crippen molar-refractivity contribution < 1.29 is 13.2 Å². The van der Waals surface area contributed by atoms with Crippen LogP contribution in [-0.2, 0) is 12.7 Å². The Kier molecular flexibility index (Phi) is 9.17. The van der Waals surface area contributed by atoms with Gasteiger partial charge in [-0.15, -0.1) is 0 Å². The average molecular weight is 481 g/mol. The van der Waals surface area contributed by atoms with E-state index in [2.05, 4.69) is 54.7 Å². The van der Waals surface area contributed by atoms with Crippen molar-refractivity contribution in [1.29, 1.82) is 0 Å². The Labute approximate surface area is 198 Å². The van der Waals surface area contributed by atoms with Gasteiger partial charge in [0.2, 0.25) is 0 Å². The topological polar surface area (TPSA) is 6.48 Å². The van der Waals surface area contributed by atoms with Gasteiger partial charge in [-0.3, -0.25) is 4.31 Å². The highest BCUT2D eigenvalue weighted by atomic mass is 32.2. The molecule has 0 N–H and O–H groups in total. The van der Waals surface area contributed by atoms with Gasteiger partial charge < -0.3 is 0 Å². The third kappa shape index (κ3) is 7.58. The molecule has 0 radical (unpaired) electrons. The molecule has 32 heavy (non-hydrogen) atoms. The van der Waals surface area contributed by atoms with Crippen LogP contribution in [-0.4, -0.2) is 34.5 Å². The molecule has 0 saturated carbocycles. The number of halogens is 3. The van der Waals surface area contributed by atoms with Crippen molar-refractivity contribution in [2.24, 2.45) is 5.92 Å². The van der Waals surface area contributed by atoms with Crippen LogP contribution in [0.2, 0.25) is 0 Å². The zero-order valence-electron chi connectivity index (χ0n) is 18.9. The van der Waals surface area contributed by atoms with Gasteiger partial charge in [-0.2, -0.15) is 13.2 Å². The van der Waals surface area contributed by atoms with Crippen molar-refractivity contribution in [2.45, 2.75) is 44.3 Å². The summed E-state index contributed by atoms with van der Waals surface area (Å²) in [7, 11) is 0. The van der Waals surface area contributed by atoms with E-state index in [9.17, 15) is 13.2 Å². The molecule has 0 aromatic heterocycles. The van der Waals surface area contributed by atoms with E-state index < -0.39 is 11.7 Å². The third-order valence-electron chi connectivity index (χ3n) is 5.35. The number of hydrogen-bond donors (Lipinski definition) is 0. The van der Waals surface area contributed by atoms with E-state index in [1.807, 2.05) is 4.31 Å². The second-order valence-electron chi connectivity index (χ2n) is 8.45. The summed E-state index contributed by atoms with van der Waals surface area (Å²) < 4.78 is 44.7. The van der Waals surface area contributed by atoms with E-state index >= 15 is 0 Å². The molecule has 0 aliphatic carbocycles. The van der Waals surface area contributed by atoms with E-state index in [1.165, 1.54) is 35.2 Å². The van der Waals surface area contributed by atoms with Crippen LogP contribution < -0.4 is 0 Å². The molecule has 174 valence electrons. The first-order valence-corrected chi connectivity index (χ1v) is 12.9. The molecule has 1 aliphatic rings. The minimum Gasteiger partial charge on any atom is -0.250 e. The van der Waals surface area contributed by atoms with Gasteiger partial charge in [0.05, 0.1) is 5.56 Å². The molecule has 1 fully saturated rings. The third-order valence-corrected chi connectivity index (χ3v) is 7.25. The lowest BCUT2D eigenvalue weighted by Gasteiger charge is -2.26. The molecule has 3 rings (SSSR count). The Balaban J connectivity index is 1.69. The first-order chi connectivity index (χ1) is 15.2. The second kappa shape index (κ2) is 11.6. The number of hydrogen-bond acceptors (Lipinski definition) is 4. The molecule has 1 saturated heterocycles. The van der Waals surface area contributed by atoms with Gasteiger partial charge in [-0.05, 0) is 66.3 Å². The predicted molar refractivity (Wildman–Crippen MR) is 131 cm³/mol. The van der Waals surface area contributed by atoms with Crippen molar-refractivity contribution in [2.75, 3.05) is 25.9 Å². The summed E-state index contributed by atoms with van der Waals surface area (Å²) in [4.78, 5) is 1.04. The SMILES string of the molecule is CSN1CCC(=Cc2ccc(SN(Cc3ccccc3C(F)(F)F)CC(C)C)cc2)CC1. The first-order valence-electron chi connectivity index (χ1n) is 10.9. The fourth-order valence-corrected chi connectivity index (χ4v) is 5.46. The average Bonchev–Trinajstić information content (AvgIpc) is 2.75. The van der Waals surface area contributed by atoms with E-state index in [-0.39, 0.29) is 6.54 Å². The second-order valence-corrected chi connectivity index (χ2v) is 10.5. The number of alkyl halides is 3. The summed E-state index contributed by atoms with van der Waals surface area (Å²) in [5.41, 5.74) is 2.41. The summed E-state index contributed by atoms with van der Waals surface area (Å²) >= 11 is 3.33. The molecule has 0 amide bonds. The number of benzene rings is 2. The molecule has 1 aliphatic heterocycles. The van der Waals surface area contributed by atoms with E-state index in [0.29, 0.717) is 18.0 Å². The highest BCUT2D eigenvalue weighted by Gasteiger charge is 2.33. The van der Waals surface area contributed by atoms with Gasteiger partial charge in [0, 0.05) is 31.1 Å². The summed E-state index contributed by atoms with van der Waals surface area (Å²) in [5, 5.41) is 0. The van der Waals surface area contributed by atoms with Gasteiger partial charge in [0.25, 0.3) is 0 Å². The molecular weight excluding hydrogens is 449 g/mol. The Morgan fingerprint density at radius 3 is 2.28 bits per heavy atom. The molecular formula is C25H31F3N2S2. The van der Waals surface area contributed by atoms with Crippen molar-refractivity contribution in [1.82, 2.24) is 8.61 Å². The fraction of sp³-hybridized carbons (Fsp3) is 0.440. The lowest BCUT2D eigenvalue weighted by Crippen LogP contribution is -2.23. The molecule has 2 aromatic carbocycles. The minimum atomic E-state index is -4.34. The van der Waals surface area contributed by atoms with Crippen molar-refractivity contribution >= 4 is 30.0 Å². The number of piperidine rings is 1. The van der Waals surface area contributed by atoms with Gasteiger partial charge in [-0.25, -0.2) is 4.31 Å². The zero-order chi connectivity index (χ0) is 23.1. The van der Waals surface area contributed by atoms with E-state index in [1.54, 1.807) is 24.1 Å². The first kappa shape index (κ1) is 25.2. The maximum Gasteiger partial charge on any atom is 0.416 e. The minimum absolute atomic E-state index is 0.246. The largest absolute Gasteiger partial charge is 0.416 e. The lowest BCUT2D eigenvalue weighted by atomic mass is 10.0. The van der Waals surface area contributed by atoms with Gasteiger partial charge >= 0.3 is 6.18 Å². The molecule has 0 spiro atoms. The van der Waals surface area contributed by atoms with Crippen LogP contribution in [0.5, 0.6) is 0 Å². The predicted octanol–water partition coefficient (Wildman–Crippen LogP) is 7.63. The Morgan fingerprint density at radius 2 is 1.69 bits per heavy atom. The smallest absolute Gasteiger partial charge is 0.250 e. The van der Waals surface area contributed by atoms with Crippen LogP contribution in [0.1, 0.15) is 43.4 Å². The summed E-state index contributed by atoms with van der Waals surface area (Å²) in [5.74, 6) is 0.344. The van der Waals surface area contributed by atoms with Crippen molar-refractivity contribution in [3.8, 4) is 0 Å². The normalized spacial score (nSPS) is 15.6. The van der Waals surface area contributed by atoms with Gasteiger partial charge in [0.1, 0.15) is 0 Å². The summed E-state index contributed by atoms with van der Waals surface area (Å²) in [6.45, 7) is 7.29.